The molecule has 23 heavy (non-hydrogen) atoms. The molecule has 1 fully saturated rings. The monoisotopic (exact) mass is 315 g/mol. The number of rotatable bonds is 6. The fourth-order valence-corrected chi connectivity index (χ4v) is 2.62. The molecule has 1 aliphatic heterocycles. The highest BCUT2D eigenvalue weighted by Crippen LogP contribution is 2.11. The molecule has 0 aliphatic carbocycles. The number of hydrogen-bond donors (Lipinski definition) is 2. The lowest BCUT2D eigenvalue weighted by atomic mass is 10.1. The third-order valence-corrected chi connectivity index (χ3v) is 3.87. The molecule has 7 heteroatoms. The van der Waals surface area contributed by atoms with E-state index in [0.717, 1.165) is 30.6 Å². The number of ether oxygens (including phenoxy) is 1. The average molecular weight is 315 g/mol. The predicted molar refractivity (Wildman–Crippen MR) is 84.8 cm³/mol. The maximum Gasteiger partial charge on any atom is 0.315 e. The summed E-state index contributed by atoms with van der Waals surface area (Å²) in [4.78, 5) is 15.8. The number of nitrogens with zero attached hydrogens (tertiary/aromatic N) is 3. The van der Waals surface area contributed by atoms with Crippen molar-refractivity contribution >= 4 is 6.03 Å². The highest BCUT2D eigenvalue weighted by Gasteiger charge is 2.16. The quantitative estimate of drug-likeness (QED) is 0.842. The summed E-state index contributed by atoms with van der Waals surface area (Å²) in [5.74, 6) is 0. The summed E-state index contributed by atoms with van der Waals surface area (Å²) >= 11 is 0. The summed E-state index contributed by atoms with van der Waals surface area (Å²) in [6.45, 7) is 2.47. The Morgan fingerprint density at radius 1 is 1.30 bits per heavy atom. The Balaban J connectivity index is 1.50. The van der Waals surface area contributed by atoms with Gasteiger partial charge < -0.3 is 15.4 Å². The number of amides is 2. The van der Waals surface area contributed by atoms with E-state index in [1.54, 1.807) is 11.0 Å². The Morgan fingerprint density at radius 2 is 2.17 bits per heavy atom. The van der Waals surface area contributed by atoms with Gasteiger partial charge in [-0.1, -0.05) is 24.3 Å². The van der Waals surface area contributed by atoms with Gasteiger partial charge in [-0.2, -0.15) is 5.10 Å². The van der Waals surface area contributed by atoms with Crippen molar-refractivity contribution in [1.82, 2.24) is 25.4 Å². The van der Waals surface area contributed by atoms with E-state index < -0.39 is 0 Å². The lowest BCUT2D eigenvalue weighted by Gasteiger charge is -2.13. The van der Waals surface area contributed by atoms with Gasteiger partial charge in [0.1, 0.15) is 12.7 Å². The van der Waals surface area contributed by atoms with E-state index in [-0.39, 0.29) is 12.1 Å². The maximum atomic E-state index is 11.9. The van der Waals surface area contributed by atoms with Crippen LogP contribution in [0.5, 0.6) is 0 Å². The molecule has 0 bridgehead atoms. The summed E-state index contributed by atoms with van der Waals surface area (Å²) in [7, 11) is 0. The molecule has 2 heterocycles. The number of aromatic nitrogens is 3. The molecule has 1 aromatic carbocycles. The second kappa shape index (κ2) is 7.73. The summed E-state index contributed by atoms with van der Waals surface area (Å²) in [6.07, 6.45) is 5.43. The third kappa shape index (κ3) is 4.53. The summed E-state index contributed by atoms with van der Waals surface area (Å²) in [5.41, 5.74) is 2.17. The highest BCUT2D eigenvalue weighted by molar-refractivity contribution is 5.73. The summed E-state index contributed by atoms with van der Waals surface area (Å²) < 4.78 is 7.25. The van der Waals surface area contributed by atoms with Crippen LogP contribution in [0.2, 0.25) is 0 Å². The molecule has 0 unspecified atom stereocenters. The van der Waals surface area contributed by atoms with Crippen LogP contribution < -0.4 is 10.6 Å². The zero-order chi connectivity index (χ0) is 15.9. The molecule has 0 saturated carbocycles. The second-order valence-corrected chi connectivity index (χ2v) is 5.56. The van der Waals surface area contributed by atoms with Crippen molar-refractivity contribution in [3.05, 3.63) is 48.0 Å². The van der Waals surface area contributed by atoms with Crippen molar-refractivity contribution < 1.29 is 9.53 Å². The maximum absolute atomic E-state index is 11.9. The number of urea groups is 1. The van der Waals surface area contributed by atoms with Crippen molar-refractivity contribution in [2.45, 2.75) is 32.0 Å². The summed E-state index contributed by atoms with van der Waals surface area (Å²) in [5, 5.41) is 9.86. The smallest absolute Gasteiger partial charge is 0.315 e. The van der Waals surface area contributed by atoms with Crippen molar-refractivity contribution in [1.29, 1.82) is 0 Å². The lowest BCUT2D eigenvalue weighted by Crippen LogP contribution is -2.39. The van der Waals surface area contributed by atoms with Crippen LogP contribution in [-0.4, -0.2) is 40.1 Å². The number of nitrogens with one attached hydrogen (secondary N) is 2. The van der Waals surface area contributed by atoms with E-state index >= 15 is 0 Å². The van der Waals surface area contributed by atoms with Crippen molar-refractivity contribution in [2.24, 2.45) is 0 Å². The van der Waals surface area contributed by atoms with E-state index in [1.165, 1.54) is 6.33 Å². The molecule has 2 N–H and O–H groups in total. The Kier molecular flexibility index (Phi) is 5.21. The van der Waals surface area contributed by atoms with Crippen molar-refractivity contribution in [3.63, 3.8) is 0 Å². The topological polar surface area (TPSA) is 81.1 Å². The molecule has 1 aliphatic rings. The van der Waals surface area contributed by atoms with E-state index in [9.17, 15) is 4.79 Å². The van der Waals surface area contributed by atoms with Gasteiger partial charge in [0.05, 0.1) is 12.6 Å². The zero-order valence-corrected chi connectivity index (χ0v) is 12.9. The molecule has 7 nitrogen and oxygen atoms in total. The highest BCUT2D eigenvalue weighted by atomic mass is 16.5. The normalized spacial score (nSPS) is 17.1. The molecular formula is C16H21N5O2. The first-order chi connectivity index (χ1) is 11.3. The number of carbonyl (C=O) groups excluding carboxylic acids is 1. The third-order valence-electron chi connectivity index (χ3n) is 3.87. The second-order valence-electron chi connectivity index (χ2n) is 5.56. The Bertz CT molecular complexity index is 623. The van der Waals surface area contributed by atoms with Crippen molar-refractivity contribution in [3.8, 4) is 0 Å². The molecule has 3 rings (SSSR count). The number of hydrogen-bond acceptors (Lipinski definition) is 4. The first-order valence-corrected chi connectivity index (χ1v) is 7.84. The lowest BCUT2D eigenvalue weighted by molar-refractivity contribution is 0.111. The van der Waals surface area contributed by atoms with Gasteiger partial charge in [-0.15, -0.1) is 0 Å². The first kappa shape index (κ1) is 15.5. The van der Waals surface area contributed by atoms with Gasteiger partial charge in [-0.3, -0.25) is 0 Å². The largest absolute Gasteiger partial charge is 0.376 e. The van der Waals surface area contributed by atoms with E-state index in [2.05, 4.69) is 20.7 Å². The van der Waals surface area contributed by atoms with Crippen LogP contribution in [0.15, 0.2) is 36.9 Å². The number of carbonyl (C=O) groups is 1. The van der Waals surface area contributed by atoms with Crippen LogP contribution in [0.1, 0.15) is 24.0 Å². The Hall–Kier alpha value is -2.41. The van der Waals surface area contributed by atoms with Crippen molar-refractivity contribution in [2.75, 3.05) is 13.2 Å². The molecule has 0 radical (unpaired) electrons. The van der Waals surface area contributed by atoms with Gasteiger partial charge in [-0.25, -0.2) is 14.5 Å². The van der Waals surface area contributed by atoms with Crippen LogP contribution in [0, 0.1) is 0 Å². The van der Waals surface area contributed by atoms with Gasteiger partial charge in [0.25, 0.3) is 0 Å². The minimum Gasteiger partial charge on any atom is -0.376 e. The van der Waals surface area contributed by atoms with Crippen LogP contribution in [-0.2, 0) is 17.8 Å². The molecule has 122 valence electrons. The molecule has 2 aromatic rings. The van der Waals surface area contributed by atoms with E-state index in [0.29, 0.717) is 19.6 Å². The van der Waals surface area contributed by atoms with Gasteiger partial charge in [-0.05, 0) is 24.0 Å². The van der Waals surface area contributed by atoms with Crippen LogP contribution in [0.3, 0.4) is 0 Å². The standard InChI is InChI=1S/C16H21N5O2/c22-16(19-9-15-6-3-7-23-15)18-8-13-4-1-2-5-14(13)10-21-12-17-11-20-21/h1-2,4-5,11-12,15H,3,6-10H2,(H2,18,19,22)/t15-/m0/s1. The minimum absolute atomic E-state index is 0.153. The van der Waals surface area contributed by atoms with Gasteiger partial charge in [0.15, 0.2) is 0 Å². The van der Waals surface area contributed by atoms with Gasteiger partial charge >= 0.3 is 6.03 Å². The Labute approximate surface area is 135 Å². The Morgan fingerprint density at radius 3 is 2.91 bits per heavy atom. The minimum atomic E-state index is -0.170. The van der Waals surface area contributed by atoms with Crippen LogP contribution in [0.4, 0.5) is 4.79 Å². The first-order valence-electron chi connectivity index (χ1n) is 7.84. The van der Waals surface area contributed by atoms with Gasteiger partial charge in [0.2, 0.25) is 0 Å². The molecule has 1 aromatic heterocycles. The van der Waals surface area contributed by atoms with Crippen LogP contribution in [0.25, 0.3) is 0 Å². The zero-order valence-electron chi connectivity index (χ0n) is 12.9. The molecular weight excluding hydrogens is 294 g/mol. The molecule has 0 spiro atoms. The summed E-state index contributed by atoms with van der Waals surface area (Å²) in [6, 6.07) is 7.81. The van der Waals surface area contributed by atoms with Gasteiger partial charge in [0, 0.05) is 19.7 Å². The van der Waals surface area contributed by atoms with E-state index in [1.807, 2.05) is 24.3 Å². The van der Waals surface area contributed by atoms with Crippen LogP contribution >= 0.6 is 0 Å². The SMILES string of the molecule is O=C(NCc1ccccc1Cn1cncn1)NC[C@@H]1CCCO1. The predicted octanol–water partition coefficient (Wildman–Crippen LogP) is 1.30. The molecule has 2 amide bonds. The molecule has 1 atom stereocenters. The number of benzene rings is 1. The average Bonchev–Trinajstić information content (AvgIpc) is 3.25. The fraction of sp³-hybridized carbons (Fsp3) is 0.438. The van der Waals surface area contributed by atoms with E-state index in [4.69, 9.17) is 4.74 Å². The molecule has 1 saturated heterocycles. The fourth-order valence-electron chi connectivity index (χ4n) is 2.62.